The average molecular weight is 493 g/mol. The number of ether oxygens (including phenoxy) is 2. The lowest BCUT2D eigenvalue weighted by molar-refractivity contribution is 0.451. The van der Waals surface area contributed by atoms with Crippen molar-refractivity contribution < 1.29 is 9.47 Å². The molecule has 0 unspecified atom stereocenters. The predicted octanol–water partition coefficient (Wildman–Crippen LogP) is 7.72. The summed E-state index contributed by atoms with van der Waals surface area (Å²) in [5.41, 5.74) is 0.725. The summed E-state index contributed by atoms with van der Waals surface area (Å²) in [6, 6.07) is 6.86. The summed E-state index contributed by atoms with van der Waals surface area (Å²) in [4.78, 5) is 9.02. The van der Waals surface area contributed by atoms with Crippen LogP contribution in [0.25, 0.3) is 0 Å². The van der Waals surface area contributed by atoms with Gasteiger partial charge in [-0.25, -0.2) is 9.98 Å². The molecule has 0 N–H and O–H groups in total. The smallest absolute Gasteiger partial charge is 0.174 e. The van der Waals surface area contributed by atoms with Crippen LogP contribution < -0.4 is 20.2 Å². The Morgan fingerprint density at radius 3 is 2.18 bits per heavy atom. The zero-order chi connectivity index (χ0) is 19.7. The van der Waals surface area contributed by atoms with Crippen LogP contribution in [0.5, 0.6) is 23.0 Å². The van der Waals surface area contributed by atoms with Crippen molar-refractivity contribution >= 4 is 81.0 Å². The summed E-state index contributed by atoms with van der Waals surface area (Å²) < 4.78 is 11.8. The van der Waals surface area contributed by atoms with Crippen molar-refractivity contribution in [3.05, 3.63) is 65.1 Å². The van der Waals surface area contributed by atoms with Crippen molar-refractivity contribution in [1.29, 1.82) is 0 Å². The Hall–Kier alpha value is -1.40. The van der Waals surface area contributed by atoms with Gasteiger partial charge in [0, 0.05) is 6.07 Å². The summed E-state index contributed by atoms with van der Waals surface area (Å²) in [6.45, 7) is 0. The van der Waals surface area contributed by atoms with E-state index in [1.165, 1.54) is 0 Å². The molecule has 4 nitrogen and oxygen atoms in total. The molecule has 0 fully saturated rings. The van der Waals surface area contributed by atoms with Gasteiger partial charge in [0.1, 0.15) is 32.1 Å². The molecule has 10 heteroatoms. The van der Waals surface area contributed by atoms with Crippen LogP contribution in [0, 0.1) is 0 Å². The monoisotopic (exact) mass is 490 g/mol. The molecule has 0 aliphatic carbocycles. The number of nitrogens with zero attached hydrogens (tertiary/aromatic N) is 2. The van der Waals surface area contributed by atoms with Crippen LogP contribution >= 0.6 is 69.6 Å². The molecule has 28 heavy (non-hydrogen) atoms. The highest BCUT2D eigenvalue weighted by molar-refractivity contribution is 6.53. The Bertz CT molecular complexity index is 1340. The molecule has 5 rings (SSSR count). The van der Waals surface area contributed by atoms with E-state index < -0.39 is 0 Å². The van der Waals surface area contributed by atoms with Crippen molar-refractivity contribution in [1.82, 2.24) is 0 Å². The molecule has 0 spiro atoms. The van der Waals surface area contributed by atoms with E-state index >= 15 is 0 Å². The second-order valence-corrected chi connectivity index (χ2v) is 8.13. The van der Waals surface area contributed by atoms with E-state index in [1.807, 2.05) is 0 Å². The minimum absolute atomic E-state index is 0.0635. The number of hydrogen-bond donors (Lipinski definition) is 0. The molecule has 0 aromatic heterocycles. The molecule has 0 saturated carbocycles. The fourth-order valence-electron chi connectivity index (χ4n) is 2.88. The first-order chi connectivity index (χ1) is 13.4. The van der Waals surface area contributed by atoms with Gasteiger partial charge in [-0.1, -0.05) is 75.7 Å². The first kappa shape index (κ1) is 18.6. The number of rotatable bonds is 0. The summed E-state index contributed by atoms with van der Waals surface area (Å²) >= 11 is 37.6. The van der Waals surface area contributed by atoms with Gasteiger partial charge in [-0.05, 0) is 12.1 Å². The highest BCUT2D eigenvalue weighted by Crippen LogP contribution is 2.53. The van der Waals surface area contributed by atoms with E-state index in [9.17, 15) is 0 Å². The zero-order valence-corrected chi connectivity index (χ0v) is 17.8. The average Bonchev–Trinajstić information content (AvgIpc) is 2.69. The third-order valence-electron chi connectivity index (χ3n) is 4.17. The first-order valence-electron chi connectivity index (χ1n) is 7.67. The van der Waals surface area contributed by atoms with Crippen LogP contribution in [-0.2, 0) is 0 Å². The van der Waals surface area contributed by atoms with E-state index in [0.29, 0.717) is 32.9 Å². The van der Waals surface area contributed by atoms with Crippen molar-refractivity contribution in [2.75, 3.05) is 0 Å². The van der Waals surface area contributed by atoms with Crippen LogP contribution in [0.3, 0.4) is 0 Å². The maximum atomic E-state index is 6.56. The van der Waals surface area contributed by atoms with Gasteiger partial charge in [0.25, 0.3) is 0 Å². The van der Waals surface area contributed by atoms with Gasteiger partial charge in [-0.15, -0.1) is 0 Å². The zero-order valence-electron chi connectivity index (χ0n) is 13.3. The van der Waals surface area contributed by atoms with Crippen molar-refractivity contribution in [2.24, 2.45) is 9.98 Å². The fourth-order valence-corrected chi connectivity index (χ4v) is 4.27. The fraction of sp³-hybridized carbons (Fsp3) is 0. The van der Waals surface area contributed by atoms with Gasteiger partial charge in [-0.3, -0.25) is 0 Å². The number of para-hydroxylation sites is 1. The van der Waals surface area contributed by atoms with Gasteiger partial charge in [0.15, 0.2) is 23.0 Å². The summed E-state index contributed by atoms with van der Waals surface area (Å²) in [5.74, 6) is 1.30. The summed E-state index contributed by atoms with van der Waals surface area (Å²) in [7, 11) is 0. The van der Waals surface area contributed by atoms with Gasteiger partial charge in [0.05, 0.1) is 20.1 Å². The molecule has 2 heterocycles. The van der Waals surface area contributed by atoms with Gasteiger partial charge in [0.2, 0.25) is 0 Å². The second-order valence-electron chi connectivity index (χ2n) is 5.83. The lowest BCUT2D eigenvalue weighted by Gasteiger charge is -2.21. The maximum absolute atomic E-state index is 6.56. The molecule has 2 aliphatic rings. The van der Waals surface area contributed by atoms with E-state index in [1.54, 1.807) is 24.3 Å². The normalized spacial score (nSPS) is 13.1. The Balaban J connectivity index is 1.82. The van der Waals surface area contributed by atoms with E-state index in [2.05, 4.69) is 9.98 Å². The minimum Gasteiger partial charge on any atom is -0.453 e. The Kier molecular flexibility index (Phi) is 4.36. The van der Waals surface area contributed by atoms with Crippen molar-refractivity contribution in [2.45, 2.75) is 0 Å². The number of hydrogen-bond acceptors (Lipinski definition) is 4. The predicted molar refractivity (Wildman–Crippen MR) is 111 cm³/mol. The maximum Gasteiger partial charge on any atom is 0.174 e. The van der Waals surface area contributed by atoms with Crippen molar-refractivity contribution in [3.8, 4) is 23.0 Å². The molecule has 0 radical (unpaired) electrons. The molecule has 0 atom stereocenters. The van der Waals surface area contributed by atoms with Gasteiger partial charge >= 0.3 is 0 Å². The third kappa shape index (κ3) is 2.60. The molecule has 0 amide bonds. The SMILES string of the molecule is Clc1cccc2c1N=c1c(cc3c(c1Cl)Oc1c(Cl)c(Cl)c(Cl)c(Cl)c1N=3)O2. The Morgan fingerprint density at radius 2 is 1.39 bits per heavy atom. The largest absolute Gasteiger partial charge is 0.453 e. The van der Waals surface area contributed by atoms with E-state index in [4.69, 9.17) is 79.1 Å². The molecule has 0 saturated heterocycles. The molecule has 2 aliphatic heterocycles. The lowest BCUT2D eigenvalue weighted by atomic mass is 10.2. The van der Waals surface area contributed by atoms with Crippen LogP contribution in [0.2, 0.25) is 30.1 Å². The molecule has 140 valence electrons. The molecular formula is C18H4Cl6N2O2. The number of halogens is 6. The van der Waals surface area contributed by atoms with Crippen LogP contribution in [0.4, 0.5) is 11.4 Å². The second kappa shape index (κ2) is 6.56. The quantitative estimate of drug-likeness (QED) is 0.164. The van der Waals surface area contributed by atoms with Gasteiger partial charge in [-0.2, -0.15) is 0 Å². The number of benzene rings is 3. The first-order valence-corrected chi connectivity index (χ1v) is 9.93. The van der Waals surface area contributed by atoms with E-state index in [-0.39, 0.29) is 42.3 Å². The highest BCUT2D eigenvalue weighted by atomic mass is 35.5. The van der Waals surface area contributed by atoms with Crippen molar-refractivity contribution in [3.63, 3.8) is 0 Å². The molecule has 3 aromatic carbocycles. The lowest BCUT2D eigenvalue weighted by Crippen LogP contribution is -2.20. The number of fused-ring (bicyclic) bond motifs is 4. The Labute approximate surface area is 187 Å². The molecule has 0 bridgehead atoms. The third-order valence-corrected chi connectivity index (χ3v) is 6.60. The van der Waals surface area contributed by atoms with Crippen LogP contribution in [0.1, 0.15) is 0 Å². The Morgan fingerprint density at radius 1 is 0.643 bits per heavy atom. The minimum atomic E-state index is 0.0635. The highest BCUT2D eigenvalue weighted by Gasteiger charge is 2.28. The van der Waals surface area contributed by atoms with E-state index in [0.717, 1.165) is 0 Å². The van der Waals surface area contributed by atoms with Gasteiger partial charge < -0.3 is 9.47 Å². The topological polar surface area (TPSA) is 43.2 Å². The van der Waals surface area contributed by atoms with Crippen LogP contribution in [0.15, 0.2) is 34.3 Å². The molecular weight excluding hydrogens is 489 g/mol. The summed E-state index contributed by atoms with van der Waals surface area (Å²) in [6.07, 6.45) is 0. The summed E-state index contributed by atoms with van der Waals surface area (Å²) in [5, 5.41) is 1.71. The standard InChI is InChI=1S/C18H4Cl6N2O2/c19-5-2-1-3-7-14(5)26-15-8(27-7)4-6-17(13(15)24)28-18-12(23)10(21)9(20)11(22)16(18)25-6/h1-4H. The van der Waals surface area contributed by atoms with Crippen LogP contribution in [-0.4, -0.2) is 0 Å². The molecule has 3 aromatic rings.